The molecule has 0 unspecified atom stereocenters. The van der Waals surface area contributed by atoms with Crippen molar-refractivity contribution in [3.05, 3.63) is 58.9 Å². The van der Waals surface area contributed by atoms with Crippen molar-refractivity contribution in [1.29, 1.82) is 5.26 Å². The van der Waals surface area contributed by atoms with Gasteiger partial charge in [-0.1, -0.05) is 6.07 Å². The van der Waals surface area contributed by atoms with Crippen LogP contribution in [0.4, 0.5) is 23.4 Å². The number of benzene rings is 1. The molecule has 7 nitrogen and oxygen atoms in total. The van der Waals surface area contributed by atoms with Gasteiger partial charge in [0.1, 0.15) is 17.5 Å². The quantitative estimate of drug-likeness (QED) is 0.618. The first kappa shape index (κ1) is 20.6. The number of nitriles is 1. The molecule has 1 fully saturated rings. The van der Waals surface area contributed by atoms with E-state index in [0.717, 1.165) is 31.1 Å². The topological polar surface area (TPSA) is 103 Å². The number of alkyl halides is 3. The van der Waals surface area contributed by atoms with Crippen molar-refractivity contribution in [2.24, 2.45) is 7.05 Å². The average Bonchev–Trinajstić information content (AvgIpc) is 2.99. The monoisotopic (exact) mass is 432 g/mol. The number of aryl methyl sites for hydroxylation is 1. The Morgan fingerprint density at radius 1 is 1.19 bits per heavy atom. The van der Waals surface area contributed by atoms with Gasteiger partial charge in [-0.3, -0.25) is 9.67 Å². The van der Waals surface area contributed by atoms with E-state index in [1.54, 1.807) is 12.3 Å². The maximum absolute atomic E-state index is 14.6. The Kier molecular flexibility index (Phi) is 5.00. The number of anilines is 1. The Morgan fingerprint density at radius 2 is 1.94 bits per heavy atom. The number of rotatable bonds is 4. The summed E-state index contributed by atoms with van der Waals surface area (Å²) in [5.74, 6) is -1.02. The van der Waals surface area contributed by atoms with Gasteiger partial charge in [0.25, 0.3) is 5.88 Å². The van der Waals surface area contributed by atoms with Crippen LogP contribution in [0.3, 0.4) is 0 Å². The SMILES string of the molecule is Cn1nc(Oc2ccc(C3CC(c4cnc(N)cn4)C3)cc2F)c(C#N)c1C(F)(F)F. The number of aromatic nitrogens is 4. The van der Waals surface area contributed by atoms with E-state index in [4.69, 9.17) is 15.7 Å². The van der Waals surface area contributed by atoms with Gasteiger partial charge in [-0.2, -0.15) is 18.4 Å². The summed E-state index contributed by atoms with van der Waals surface area (Å²) in [6.45, 7) is 0. The van der Waals surface area contributed by atoms with Crippen LogP contribution in [0.2, 0.25) is 0 Å². The molecule has 0 bridgehead atoms. The van der Waals surface area contributed by atoms with Gasteiger partial charge in [-0.25, -0.2) is 9.37 Å². The molecule has 0 amide bonds. The lowest BCUT2D eigenvalue weighted by molar-refractivity contribution is -0.143. The molecule has 0 saturated heterocycles. The van der Waals surface area contributed by atoms with Crippen molar-refractivity contribution in [2.75, 3.05) is 5.73 Å². The molecule has 3 aromatic rings. The Bertz CT molecular complexity index is 1160. The van der Waals surface area contributed by atoms with E-state index in [-0.39, 0.29) is 17.6 Å². The molecular weight excluding hydrogens is 416 g/mol. The molecule has 0 spiro atoms. The molecule has 4 rings (SSSR count). The summed E-state index contributed by atoms with van der Waals surface area (Å²) in [5.41, 5.74) is 5.04. The van der Waals surface area contributed by atoms with Gasteiger partial charge in [0, 0.05) is 13.0 Å². The van der Waals surface area contributed by atoms with Crippen molar-refractivity contribution in [3.8, 4) is 17.7 Å². The zero-order chi connectivity index (χ0) is 22.3. The van der Waals surface area contributed by atoms with Crippen molar-refractivity contribution in [1.82, 2.24) is 19.7 Å². The molecule has 31 heavy (non-hydrogen) atoms. The number of ether oxygens (including phenoxy) is 1. The maximum Gasteiger partial charge on any atom is 0.434 e. The average molecular weight is 432 g/mol. The zero-order valence-electron chi connectivity index (χ0n) is 16.2. The van der Waals surface area contributed by atoms with Crippen LogP contribution in [-0.4, -0.2) is 19.7 Å². The van der Waals surface area contributed by atoms with Gasteiger partial charge >= 0.3 is 6.18 Å². The number of nitrogens with zero attached hydrogens (tertiary/aromatic N) is 5. The molecule has 1 aromatic carbocycles. The number of hydrogen-bond acceptors (Lipinski definition) is 6. The van der Waals surface area contributed by atoms with E-state index >= 15 is 0 Å². The standard InChI is InChI=1S/C20H16F4N6O/c1-30-18(20(22,23)24)13(7-25)19(29-30)31-16-3-2-10(6-14(16)21)11-4-12(5-11)15-8-28-17(26)9-27-15/h2-3,6,8-9,11-12H,4-5H2,1H3,(H2,26,28). The van der Waals surface area contributed by atoms with Crippen molar-refractivity contribution in [2.45, 2.75) is 30.9 Å². The Balaban J connectivity index is 1.50. The molecule has 2 N–H and O–H groups in total. The maximum atomic E-state index is 14.6. The largest absolute Gasteiger partial charge is 0.434 e. The highest BCUT2D eigenvalue weighted by Gasteiger charge is 2.40. The minimum absolute atomic E-state index is 0.106. The summed E-state index contributed by atoms with van der Waals surface area (Å²) in [4.78, 5) is 8.27. The van der Waals surface area contributed by atoms with E-state index in [9.17, 15) is 17.6 Å². The summed E-state index contributed by atoms with van der Waals surface area (Å²) < 4.78 is 59.7. The first-order chi connectivity index (χ1) is 14.7. The minimum atomic E-state index is -4.80. The van der Waals surface area contributed by atoms with Gasteiger partial charge in [0.15, 0.2) is 17.3 Å². The zero-order valence-corrected chi connectivity index (χ0v) is 16.2. The number of nitrogen functional groups attached to an aromatic ring is 1. The van der Waals surface area contributed by atoms with Crippen LogP contribution in [0.15, 0.2) is 30.6 Å². The van der Waals surface area contributed by atoms with E-state index in [2.05, 4.69) is 15.1 Å². The van der Waals surface area contributed by atoms with Crippen molar-refractivity contribution >= 4 is 5.82 Å². The second-order valence-corrected chi connectivity index (χ2v) is 7.29. The molecule has 1 aliphatic carbocycles. The van der Waals surface area contributed by atoms with Crippen LogP contribution >= 0.6 is 0 Å². The van der Waals surface area contributed by atoms with Crippen LogP contribution in [0.1, 0.15) is 47.2 Å². The highest BCUT2D eigenvalue weighted by atomic mass is 19.4. The second kappa shape index (κ2) is 7.54. The predicted octanol–water partition coefficient (Wildman–Crippen LogP) is 4.28. The van der Waals surface area contributed by atoms with Crippen LogP contribution in [-0.2, 0) is 13.2 Å². The number of nitrogens with two attached hydrogens (primary N) is 1. The summed E-state index contributed by atoms with van der Waals surface area (Å²) in [7, 11) is 1.04. The first-order valence-electron chi connectivity index (χ1n) is 9.26. The first-order valence-corrected chi connectivity index (χ1v) is 9.26. The molecule has 1 saturated carbocycles. The van der Waals surface area contributed by atoms with Crippen molar-refractivity contribution in [3.63, 3.8) is 0 Å². The molecule has 0 atom stereocenters. The third-order valence-electron chi connectivity index (χ3n) is 5.28. The second-order valence-electron chi connectivity index (χ2n) is 7.29. The highest BCUT2D eigenvalue weighted by Crippen LogP contribution is 2.47. The van der Waals surface area contributed by atoms with Gasteiger partial charge < -0.3 is 10.5 Å². The van der Waals surface area contributed by atoms with E-state index < -0.39 is 29.1 Å². The molecule has 160 valence electrons. The molecule has 0 radical (unpaired) electrons. The predicted molar refractivity (Wildman–Crippen MR) is 101 cm³/mol. The van der Waals surface area contributed by atoms with Gasteiger partial charge in [-0.15, -0.1) is 5.10 Å². The van der Waals surface area contributed by atoms with E-state index in [1.807, 2.05) is 0 Å². The van der Waals surface area contributed by atoms with Crippen LogP contribution in [0.25, 0.3) is 0 Å². The van der Waals surface area contributed by atoms with E-state index in [1.165, 1.54) is 24.4 Å². The summed E-state index contributed by atoms with van der Waals surface area (Å²) in [6.07, 6.45) is -0.168. The fourth-order valence-corrected chi connectivity index (χ4v) is 3.65. The lowest BCUT2D eigenvalue weighted by Gasteiger charge is -2.35. The Labute approximate surface area is 174 Å². The van der Waals surface area contributed by atoms with Gasteiger partial charge in [-0.05, 0) is 36.5 Å². The highest BCUT2D eigenvalue weighted by molar-refractivity contribution is 5.46. The summed E-state index contributed by atoms with van der Waals surface area (Å²) in [6, 6.07) is 5.69. The van der Waals surface area contributed by atoms with Gasteiger partial charge in [0.2, 0.25) is 0 Å². The molecule has 2 heterocycles. The molecule has 0 aliphatic heterocycles. The number of halogens is 4. The van der Waals surface area contributed by atoms with E-state index in [0.29, 0.717) is 10.5 Å². The summed E-state index contributed by atoms with van der Waals surface area (Å²) >= 11 is 0. The lowest BCUT2D eigenvalue weighted by atomic mass is 9.70. The Morgan fingerprint density at radius 3 is 2.52 bits per heavy atom. The third-order valence-corrected chi connectivity index (χ3v) is 5.28. The fourth-order valence-electron chi connectivity index (χ4n) is 3.65. The fraction of sp³-hybridized carbons (Fsp3) is 0.300. The molecule has 2 aromatic heterocycles. The normalized spacial score (nSPS) is 18.3. The lowest BCUT2D eigenvalue weighted by Crippen LogP contribution is -2.21. The summed E-state index contributed by atoms with van der Waals surface area (Å²) in [5, 5.41) is 12.7. The number of hydrogen-bond donors (Lipinski definition) is 1. The van der Waals surface area contributed by atoms with Crippen LogP contribution < -0.4 is 10.5 Å². The van der Waals surface area contributed by atoms with Crippen LogP contribution in [0.5, 0.6) is 11.6 Å². The molecular formula is C20H16F4N6O. The van der Waals surface area contributed by atoms with Crippen LogP contribution in [0, 0.1) is 17.1 Å². The minimum Gasteiger partial charge on any atom is -0.433 e. The van der Waals surface area contributed by atoms with Gasteiger partial charge in [0.05, 0.1) is 18.1 Å². The molecule has 11 heteroatoms. The Hall–Kier alpha value is -3.68. The van der Waals surface area contributed by atoms with Crippen molar-refractivity contribution < 1.29 is 22.3 Å². The third kappa shape index (κ3) is 3.88. The smallest absolute Gasteiger partial charge is 0.433 e. The molecule has 1 aliphatic rings.